The fourth-order valence-corrected chi connectivity index (χ4v) is 4.94. The number of rotatable bonds is 14. The van der Waals surface area contributed by atoms with Crippen molar-refractivity contribution in [2.75, 3.05) is 19.8 Å². The van der Waals surface area contributed by atoms with Gasteiger partial charge in [0.15, 0.2) is 17.9 Å². The van der Waals surface area contributed by atoms with Crippen molar-refractivity contribution in [3.63, 3.8) is 0 Å². The molecule has 4 rings (SSSR count). The number of hydrogen-bond acceptors (Lipinski definition) is 3. The Bertz CT molecular complexity index is 1230. The van der Waals surface area contributed by atoms with Crippen molar-refractivity contribution in [2.24, 2.45) is 0 Å². The summed E-state index contributed by atoms with van der Waals surface area (Å²) < 4.78 is 61.8. The van der Waals surface area contributed by atoms with E-state index in [9.17, 15) is 8.78 Å². The third-order valence-corrected chi connectivity index (χ3v) is 7.35. The lowest BCUT2D eigenvalue weighted by Crippen LogP contribution is -2.30. The molecular weight excluding hydrogens is 513 g/mol. The third-order valence-electron chi connectivity index (χ3n) is 7.35. The molecule has 214 valence electrons. The molecule has 1 saturated heterocycles. The maximum Gasteiger partial charge on any atom is 0.201 e. The maximum absolute atomic E-state index is 15.1. The van der Waals surface area contributed by atoms with Gasteiger partial charge in [-0.15, -0.1) is 6.58 Å². The predicted octanol–water partition coefficient (Wildman–Crippen LogP) is 9.60. The Kier molecular flexibility index (Phi) is 11.2. The molecular formula is C34H39F3O3. The summed E-state index contributed by atoms with van der Waals surface area (Å²) in [6.07, 6.45) is 9.69. The molecule has 3 nitrogen and oxygen atoms in total. The van der Waals surface area contributed by atoms with Crippen LogP contribution >= 0.6 is 0 Å². The summed E-state index contributed by atoms with van der Waals surface area (Å²) in [5.41, 5.74) is 2.53. The summed E-state index contributed by atoms with van der Waals surface area (Å²) in [6, 6.07) is 14.9. The molecule has 0 atom stereocenters. The van der Waals surface area contributed by atoms with Gasteiger partial charge in [-0.25, -0.2) is 8.78 Å². The summed E-state index contributed by atoms with van der Waals surface area (Å²) in [7, 11) is 0. The van der Waals surface area contributed by atoms with E-state index in [4.69, 9.17) is 14.2 Å². The Balaban J connectivity index is 1.37. The molecule has 1 aliphatic heterocycles. The summed E-state index contributed by atoms with van der Waals surface area (Å²) in [4.78, 5) is 0. The molecule has 40 heavy (non-hydrogen) atoms. The fraction of sp³-hybridized carbons (Fsp3) is 0.412. The van der Waals surface area contributed by atoms with Gasteiger partial charge in [0, 0.05) is 23.5 Å². The smallest absolute Gasteiger partial charge is 0.201 e. The molecule has 3 aromatic rings. The Morgan fingerprint density at radius 3 is 2.15 bits per heavy atom. The number of hydrogen-bond donors (Lipinski definition) is 0. The van der Waals surface area contributed by atoms with Gasteiger partial charge < -0.3 is 14.2 Å². The second-order valence-corrected chi connectivity index (χ2v) is 10.3. The molecule has 1 aliphatic rings. The van der Waals surface area contributed by atoms with Crippen LogP contribution in [-0.2, 0) is 9.47 Å². The minimum atomic E-state index is -0.989. The van der Waals surface area contributed by atoms with Gasteiger partial charge in [0.2, 0.25) is 5.82 Å². The van der Waals surface area contributed by atoms with Crippen LogP contribution < -0.4 is 4.74 Å². The fourth-order valence-electron chi connectivity index (χ4n) is 4.94. The van der Waals surface area contributed by atoms with Gasteiger partial charge in [0.25, 0.3) is 0 Å². The molecule has 0 aromatic heterocycles. The molecule has 1 fully saturated rings. The number of ether oxygens (including phenoxy) is 3. The molecule has 1 heterocycles. The Labute approximate surface area is 236 Å². The van der Waals surface area contributed by atoms with Crippen molar-refractivity contribution >= 4 is 0 Å². The van der Waals surface area contributed by atoms with Crippen LogP contribution in [0.25, 0.3) is 22.3 Å². The average Bonchev–Trinajstić information content (AvgIpc) is 2.98. The minimum Gasteiger partial charge on any atom is -0.490 e. The largest absolute Gasteiger partial charge is 0.490 e. The van der Waals surface area contributed by atoms with E-state index < -0.39 is 11.6 Å². The molecule has 0 aliphatic carbocycles. The predicted molar refractivity (Wildman–Crippen MR) is 154 cm³/mol. The summed E-state index contributed by atoms with van der Waals surface area (Å²) in [5, 5.41) is 0. The molecule has 0 unspecified atom stereocenters. The highest BCUT2D eigenvalue weighted by Gasteiger charge is 2.24. The van der Waals surface area contributed by atoms with E-state index in [0.29, 0.717) is 36.5 Å². The summed E-state index contributed by atoms with van der Waals surface area (Å²) in [5.74, 6) is -2.41. The Hall–Kier alpha value is -3.09. The molecule has 6 heteroatoms. The number of halogens is 3. The highest BCUT2D eigenvalue weighted by atomic mass is 19.2. The van der Waals surface area contributed by atoms with E-state index in [1.54, 1.807) is 30.3 Å². The van der Waals surface area contributed by atoms with Crippen LogP contribution in [0, 0.1) is 17.5 Å². The van der Waals surface area contributed by atoms with Crippen molar-refractivity contribution in [2.45, 2.75) is 70.5 Å². The first-order valence-electron chi connectivity index (χ1n) is 14.4. The zero-order valence-electron chi connectivity index (χ0n) is 23.3. The third kappa shape index (κ3) is 7.76. The lowest BCUT2D eigenvalue weighted by atomic mass is 9.95. The quantitative estimate of drug-likeness (QED) is 0.147. The first-order valence-corrected chi connectivity index (χ1v) is 14.4. The molecule has 0 N–H and O–H groups in total. The molecule has 0 radical (unpaired) electrons. The normalized spacial score (nSPS) is 17.1. The van der Waals surface area contributed by atoms with E-state index in [0.717, 1.165) is 37.7 Å². The van der Waals surface area contributed by atoms with Crippen LogP contribution in [0.5, 0.6) is 5.75 Å². The van der Waals surface area contributed by atoms with Crippen molar-refractivity contribution in [3.05, 3.63) is 90.3 Å². The second-order valence-electron chi connectivity index (χ2n) is 10.3. The summed E-state index contributed by atoms with van der Waals surface area (Å²) >= 11 is 0. The van der Waals surface area contributed by atoms with Gasteiger partial charge in [-0.1, -0.05) is 81.5 Å². The Morgan fingerprint density at radius 1 is 0.825 bits per heavy atom. The zero-order valence-corrected chi connectivity index (χ0v) is 23.3. The van der Waals surface area contributed by atoms with Crippen molar-refractivity contribution in [3.8, 4) is 28.0 Å². The molecule has 0 saturated carbocycles. The van der Waals surface area contributed by atoms with E-state index in [1.165, 1.54) is 37.5 Å². The number of allylic oxidation sites excluding steroid dienone is 1. The van der Waals surface area contributed by atoms with Gasteiger partial charge in [-0.05, 0) is 47.7 Å². The topological polar surface area (TPSA) is 27.7 Å². The zero-order chi connectivity index (χ0) is 28.3. The van der Waals surface area contributed by atoms with Crippen molar-refractivity contribution in [1.29, 1.82) is 0 Å². The molecule has 0 spiro atoms. The van der Waals surface area contributed by atoms with Crippen LogP contribution in [0.3, 0.4) is 0 Å². The summed E-state index contributed by atoms with van der Waals surface area (Å²) in [6.45, 7) is 7.18. The lowest BCUT2D eigenvalue weighted by Gasteiger charge is -2.29. The van der Waals surface area contributed by atoms with Crippen LogP contribution in [0.15, 0.2) is 67.3 Å². The minimum absolute atomic E-state index is 0.0403. The van der Waals surface area contributed by atoms with Crippen LogP contribution in [0.2, 0.25) is 0 Å². The van der Waals surface area contributed by atoms with Gasteiger partial charge in [-0.3, -0.25) is 0 Å². The lowest BCUT2D eigenvalue weighted by molar-refractivity contribution is -0.189. The second kappa shape index (κ2) is 15.1. The van der Waals surface area contributed by atoms with Crippen molar-refractivity contribution < 1.29 is 27.4 Å². The van der Waals surface area contributed by atoms with E-state index >= 15 is 4.39 Å². The van der Waals surface area contributed by atoms with E-state index in [-0.39, 0.29) is 29.3 Å². The highest BCUT2D eigenvalue weighted by Crippen LogP contribution is 2.33. The van der Waals surface area contributed by atoms with Gasteiger partial charge in [0.1, 0.15) is 5.82 Å². The SMILES string of the molecule is C=CCCC1OCC(c2ccc(-c3ccc(-c4ccc(OCCCCCCCC)c(F)c4F)cc3)c(F)c2)CO1. The highest BCUT2D eigenvalue weighted by molar-refractivity contribution is 5.71. The molecule has 0 bridgehead atoms. The van der Waals surface area contributed by atoms with Gasteiger partial charge in [0.05, 0.1) is 19.8 Å². The molecule has 3 aromatic carbocycles. The molecule has 0 amide bonds. The van der Waals surface area contributed by atoms with Crippen LogP contribution in [0.4, 0.5) is 13.2 Å². The van der Waals surface area contributed by atoms with Gasteiger partial charge in [-0.2, -0.15) is 4.39 Å². The first kappa shape index (κ1) is 29.9. The monoisotopic (exact) mass is 552 g/mol. The standard InChI is InChI=1S/C34H39F3O3/c1-3-5-7-8-9-10-20-38-31-19-18-29(33(36)34(31)37)25-14-12-24(13-15-25)28-17-16-26(21-30(28)35)27-22-39-32(40-23-27)11-6-4-2/h4,12-19,21,27,32H,2-3,5-11,20,22-23H2,1H3. The van der Waals surface area contributed by atoms with Crippen molar-refractivity contribution in [1.82, 2.24) is 0 Å². The Morgan fingerprint density at radius 2 is 1.48 bits per heavy atom. The number of benzene rings is 3. The van der Waals surface area contributed by atoms with Crippen LogP contribution in [0.1, 0.15) is 69.8 Å². The maximum atomic E-state index is 15.1. The average molecular weight is 553 g/mol. The number of unbranched alkanes of at least 4 members (excludes halogenated alkanes) is 5. The van der Waals surface area contributed by atoms with Gasteiger partial charge >= 0.3 is 0 Å². The first-order chi connectivity index (χ1) is 19.5. The van der Waals surface area contributed by atoms with E-state index in [1.807, 2.05) is 12.1 Å². The van der Waals surface area contributed by atoms with E-state index in [2.05, 4.69) is 13.5 Å². The van der Waals surface area contributed by atoms with Crippen LogP contribution in [-0.4, -0.2) is 26.1 Å².